The Morgan fingerprint density at radius 3 is 1.81 bits per heavy atom. The Kier molecular flexibility index (Phi) is 2.63. The van der Waals surface area contributed by atoms with Gasteiger partial charge in [-0.25, -0.2) is 0 Å². The summed E-state index contributed by atoms with van der Waals surface area (Å²) in [5.41, 5.74) is 0. The van der Waals surface area contributed by atoms with Gasteiger partial charge in [0.05, 0.1) is 0 Å². The van der Waals surface area contributed by atoms with Crippen molar-refractivity contribution in [3.8, 4) is 23.7 Å². The van der Waals surface area contributed by atoms with Crippen LogP contribution in [0.4, 0.5) is 0 Å². The molecule has 2 aromatic rings. The molecule has 0 unspecified atom stereocenters. The molecule has 0 aliphatic heterocycles. The molecule has 0 atom stereocenters. The summed E-state index contributed by atoms with van der Waals surface area (Å²) < 4.78 is 0. The minimum Gasteiger partial charge on any atom is -0.270 e. The van der Waals surface area contributed by atoms with Crippen LogP contribution in [0.3, 0.4) is 0 Å². The highest BCUT2D eigenvalue weighted by Crippen LogP contribution is 1.78. The Bertz CT molecular complexity index is 536. The number of aromatic nitrogens is 8. The minimum atomic E-state index is -0.602. The molecule has 2 aromatic heterocycles. The highest BCUT2D eigenvalue weighted by molar-refractivity contribution is 6.09. The molecule has 0 saturated heterocycles. The van der Waals surface area contributed by atoms with E-state index in [2.05, 4.69) is 64.9 Å². The second-order valence-electron chi connectivity index (χ2n) is 2.30. The van der Waals surface area contributed by atoms with E-state index < -0.39 is 5.78 Å². The zero-order valence-electron chi connectivity index (χ0n) is 7.59. The lowest BCUT2D eigenvalue weighted by atomic mass is 10.4. The first-order chi connectivity index (χ1) is 7.84. The fraction of sp³-hybridized carbons (Fsp3) is 0. The van der Waals surface area contributed by atoms with E-state index in [0.717, 1.165) is 0 Å². The molecule has 0 spiro atoms. The van der Waals surface area contributed by atoms with Crippen LogP contribution in [0.5, 0.6) is 0 Å². The fourth-order valence-electron chi connectivity index (χ4n) is 0.686. The van der Waals surface area contributed by atoms with Gasteiger partial charge in [-0.15, -0.1) is 10.2 Å². The van der Waals surface area contributed by atoms with Crippen LogP contribution < -0.4 is 0 Å². The molecule has 0 aliphatic rings. The monoisotopic (exact) mass is 214 g/mol. The van der Waals surface area contributed by atoms with Crippen molar-refractivity contribution >= 4 is 5.78 Å². The first kappa shape index (κ1) is 9.48. The van der Waals surface area contributed by atoms with Crippen molar-refractivity contribution < 1.29 is 4.79 Å². The van der Waals surface area contributed by atoms with Gasteiger partial charge in [0.2, 0.25) is 11.6 Å². The molecule has 76 valence electrons. The third kappa shape index (κ3) is 2.46. The lowest BCUT2D eigenvalue weighted by molar-refractivity contribution is -0.108. The standard InChI is InChI=1S/C7H2N8O/c16-5(1-3-6-8-12-13-9-6)2-4-7-10-14-15-11-7/h(H,8,9,12,13)(H,10,11,14,15). The van der Waals surface area contributed by atoms with E-state index in [1.54, 1.807) is 0 Å². The molecule has 16 heavy (non-hydrogen) atoms. The molecule has 9 heteroatoms. The largest absolute Gasteiger partial charge is 0.280 e. The van der Waals surface area contributed by atoms with Crippen LogP contribution in [0.25, 0.3) is 0 Å². The van der Waals surface area contributed by atoms with Crippen LogP contribution in [-0.4, -0.2) is 47.0 Å². The second kappa shape index (κ2) is 4.43. The van der Waals surface area contributed by atoms with Crippen molar-refractivity contribution in [3.63, 3.8) is 0 Å². The summed E-state index contributed by atoms with van der Waals surface area (Å²) in [5.74, 6) is 8.81. The molecule has 0 fully saturated rings. The third-order valence-corrected chi connectivity index (χ3v) is 1.27. The number of Topliss-reactive ketones (excluding diaryl/α,β-unsaturated/α-hetero) is 1. The highest BCUT2D eigenvalue weighted by Gasteiger charge is 1.93. The van der Waals surface area contributed by atoms with Crippen LogP contribution in [-0.2, 0) is 4.79 Å². The van der Waals surface area contributed by atoms with Crippen molar-refractivity contribution in [2.24, 2.45) is 0 Å². The van der Waals surface area contributed by atoms with E-state index >= 15 is 0 Å². The van der Waals surface area contributed by atoms with Crippen LogP contribution >= 0.6 is 0 Å². The molecule has 2 heterocycles. The van der Waals surface area contributed by atoms with Gasteiger partial charge in [-0.3, -0.25) is 4.79 Å². The Hall–Kier alpha value is -3.07. The highest BCUT2D eigenvalue weighted by atomic mass is 16.1. The number of hydrogen-bond acceptors (Lipinski definition) is 7. The van der Waals surface area contributed by atoms with Gasteiger partial charge in [0.15, 0.2) is 0 Å². The summed E-state index contributed by atoms with van der Waals surface area (Å²) in [7, 11) is 0. The van der Waals surface area contributed by atoms with E-state index in [0.29, 0.717) is 0 Å². The van der Waals surface area contributed by atoms with Crippen molar-refractivity contribution in [2.45, 2.75) is 0 Å². The van der Waals surface area contributed by atoms with Crippen LogP contribution in [0.2, 0.25) is 0 Å². The number of aromatic amines is 2. The number of hydrogen-bond donors (Lipinski definition) is 2. The van der Waals surface area contributed by atoms with E-state index in [1.165, 1.54) is 0 Å². The SMILES string of the molecule is O=C(C#Cc1nn[nH]n1)C#Cc1nn[nH]n1. The predicted molar refractivity (Wildman–Crippen MR) is 47.1 cm³/mol. The Morgan fingerprint density at radius 1 is 0.938 bits per heavy atom. The minimum absolute atomic E-state index is 0.120. The normalized spacial score (nSPS) is 8.50. The molecule has 0 amide bonds. The smallest absolute Gasteiger partial charge is 0.270 e. The maximum Gasteiger partial charge on any atom is 0.280 e. The number of nitrogens with zero attached hydrogens (tertiary/aromatic N) is 6. The third-order valence-electron chi connectivity index (χ3n) is 1.27. The van der Waals surface area contributed by atoms with Crippen LogP contribution in [0.15, 0.2) is 0 Å². The molecule has 2 rings (SSSR count). The molecular weight excluding hydrogens is 212 g/mol. The average molecular weight is 214 g/mol. The van der Waals surface area contributed by atoms with Crippen LogP contribution in [0, 0.1) is 23.7 Å². The molecule has 0 saturated carbocycles. The van der Waals surface area contributed by atoms with Gasteiger partial charge in [0.25, 0.3) is 5.78 Å². The van der Waals surface area contributed by atoms with Gasteiger partial charge >= 0.3 is 0 Å². The quantitative estimate of drug-likeness (QED) is 0.471. The number of carbonyl (C=O) groups excluding carboxylic acids is 1. The fourth-order valence-corrected chi connectivity index (χ4v) is 0.686. The molecule has 2 N–H and O–H groups in total. The van der Waals surface area contributed by atoms with E-state index in [4.69, 9.17) is 0 Å². The first-order valence-electron chi connectivity index (χ1n) is 3.89. The van der Waals surface area contributed by atoms with Gasteiger partial charge in [-0.1, -0.05) is 10.2 Å². The molecule has 0 aliphatic carbocycles. The van der Waals surface area contributed by atoms with Gasteiger partial charge in [0, 0.05) is 0 Å². The lowest BCUT2D eigenvalue weighted by Crippen LogP contribution is -1.89. The average Bonchev–Trinajstić information content (AvgIpc) is 2.96. The Labute approximate surface area is 88.0 Å². The maximum atomic E-state index is 11.1. The van der Waals surface area contributed by atoms with Crippen molar-refractivity contribution in [1.82, 2.24) is 41.2 Å². The molecule has 9 nitrogen and oxygen atoms in total. The summed E-state index contributed by atoms with van der Waals surface area (Å²) >= 11 is 0. The van der Waals surface area contributed by atoms with E-state index in [9.17, 15) is 4.79 Å². The van der Waals surface area contributed by atoms with Gasteiger partial charge in [-0.2, -0.15) is 10.4 Å². The second-order valence-corrected chi connectivity index (χ2v) is 2.30. The zero-order chi connectivity index (χ0) is 11.2. The number of H-pyrrole nitrogens is 2. The van der Waals surface area contributed by atoms with E-state index in [1.807, 2.05) is 0 Å². The maximum absolute atomic E-state index is 11.1. The molecular formula is C7H2N8O. The Morgan fingerprint density at radius 2 is 1.44 bits per heavy atom. The summed E-state index contributed by atoms with van der Waals surface area (Å²) in [6.45, 7) is 0. The topological polar surface area (TPSA) is 126 Å². The van der Waals surface area contributed by atoms with Crippen molar-refractivity contribution in [1.29, 1.82) is 0 Å². The summed E-state index contributed by atoms with van der Waals surface area (Å²) in [4.78, 5) is 11.1. The van der Waals surface area contributed by atoms with Crippen molar-refractivity contribution in [2.75, 3.05) is 0 Å². The van der Waals surface area contributed by atoms with Gasteiger partial charge < -0.3 is 0 Å². The number of nitrogens with one attached hydrogen (secondary N) is 2. The zero-order valence-corrected chi connectivity index (χ0v) is 7.59. The van der Waals surface area contributed by atoms with E-state index in [-0.39, 0.29) is 11.6 Å². The van der Waals surface area contributed by atoms with Crippen molar-refractivity contribution in [3.05, 3.63) is 11.6 Å². The van der Waals surface area contributed by atoms with Gasteiger partial charge in [-0.05, 0) is 34.1 Å². The number of carbonyl (C=O) groups is 1. The molecule has 0 aromatic carbocycles. The number of tetrazole rings is 2. The lowest BCUT2D eigenvalue weighted by Gasteiger charge is -1.72. The van der Waals surface area contributed by atoms with Gasteiger partial charge in [0.1, 0.15) is 0 Å². The number of rotatable bonds is 0. The summed E-state index contributed by atoms with van der Waals surface area (Å²) in [6, 6.07) is 0. The van der Waals surface area contributed by atoms with Crippen LogP contribution in [0.1, 0.15) is 11.6 Å². The number of ketones is 1. The summed E-state index contributed by atoms with van der Waals surface area (Å²) in [5, 5.41) is 25.1. The Balaban J connectivity index is 2.05. The summed E-state index contributed by atoms with van der Waals surface area (Å²) in [6.07, 6.45) is 0. The first-order valence-corrected chi connectivity index (χ1v) is 3.89. The molecule has 0 bridgehead atoms. The predicted octanol–water partition coefficient (Wildman–Crippen LogP) is -2.31. The molecule has 0 radical (unpaired) electrons.